The van der Waals surface area contributed by atoms with Gasteiger partial charge in [-0.3, -0.25) is 9.36 Å². The van der Waals surface area contributed by atoms with Crippen molar-refractivity contribution in [3.63, 3.8) is 0 Å². The molecular formula is C58H109N2O6P. The van der Waals surface area contributed by atoms with Crippen LogP contribution in [-0.4, -0.2) is 68.5 Å². The predicted octanol–water partition coefficient (Wildman–Crippen LogP) is 16.3. The molecule has 3 unspecified atom stereocenters. The molecule has 8 nitrogen and oxygen atoms in total. The number of phosphoric acid groups is 1. The molecule has 0 bridgehead atoms. The van der Waals surface area contributed by atoms with Crippen molar-refractivity contribution in [3.05, 3.63) is 60.8 Å². The van der Waals surface area contributed by atoms with Crippen LogP contribution in [0.3, 0.4) is 0 Å². The number of hydrogen-bond donors (Lipinski definition) is 2. The normalized spacial score (nSPS) is 14.4. The van der Waals surface area contributed by atoms with Gasteiger partial charge in [-0.15, -0.1) is 0 Å². The van der Waals surface area contributed by atoms with E-state index in [2.05, 4.69) is 67.8 Å². The lowest BCUT2D eigenvalue weighted by molar-refractivity contribution is -0.870. The minimum Gasteiger partial charge on any atom is -0.756 e. The highest BCUT2D eigenvalue weighted by atomic mass is 31.2. The number of phosphoric ester groups is 1. The minimum absolute atomic E-state index is 0.0110. The van der Waals surface area contributed by atoms with E-state index in [4.69, 9.17) is 9.05 Å². The highest BCUT2D eigenvalue weighted by Gasteiger charge is 2.23. The molecule has 0 saturated heterocycles. The third-order valence-electron chi connectivity index (χ3n) is 12.4. The number of hydrogen-bond acceptors (Lipinski definition) is 6. The summed E-state index contributed by atoms with van der Waals surface area (Å²) < 4.78 is 23.3. The van der Waals surface area contributed by atoms with Crippen LogP contribution in [0.25, 0.3) is 0 Å². The second kappa shape index (κ2) is 49.2. The zero-order chi connectivity index (χ0) is 49.2. The number of nitrogens with one attached hydrogen (secondary N) is 1. The largest absolute Gasteiger partial charge is 0.756 e. The van der Waals surface area contributed by atoms with Gasteiger partial charge in [0.2, 0.25) is 5.91 Å². The van der Waals surface area contributed by atoms with E-state index in [1.54, 1.807) is 6.08 Å². The molecule has 0 aliphatic rings. The van der Waals surface area contributed by atoms with E-state index < -0.39 is 26.6 Å². The van der Waals surface area contributed by atoms with Crippen LogP contribution in [0.2, 0.25) is 0 Å². The SMILES string of the molecule is CCCCCCCCCC/C=C/CC/C=C/CC/C=C/C(O)C(COP(=O)([O-])OCC[N+](C)(C)C)NC(=O)CCCCCCCCCCCCC/C=C\C/C=C\CCCCCCCCCCC. The van der Waals surface area contributed by atoms with Gasteiger partial charge in [0.25, 0.3) is 7.82 Å². The van der Waals surface area contributed by atoms with Gasteiger partial charge in [-0.05, 0) is 77.0 Å². The van der Waals surface area contributed by atoms with Crippen LogP contribution in [0.1, 0.15) is 251 Å². The first-order valence-electron chi connectivity index (χ1n) is 28.2. The van der Waals surface area contributed by atoms with Crippen molar-refractivity contribution >= 4 is 13.7 Å². The van der Waals surface area contributed by atoms with Crippen LogP contribution in [0.4, 0.5) is 0 Å². The minimum atomic E-state index is -4.61. The van der Waals surface area contributed by atoms with Gasteiger partial charge in [-0.2, -0.15) is 0 Å². The number of carbonyl (C=O) groups excluding carboxylic acids is 1. The molecule has 3 atom stereocenters. The Kier molecular flexibility index (Phi) is 47.9. The Morgan fingerprint density at radius 3 is 1.30 bits per heavy atom. The van der Waals surface area contributed by atoms with Crippen molar-refractivity contribution in [2.24, 2.45) is 0 Å². The fourth-order valence-electron chi connectivity index (χ4n) is 7.98. The number of aliphatic hydroxyl groups excluding tert-OH is 1. The van der Waals surface area contributed by atoms with E-state index in [1.807, 2.05) is 27.2 Å². The van der Waals surface area contributed by atoms with Crippen molar-refractivity contribution in [2.75, 3.05) is 40.9 Å². The van der Waals surface area contributed by atoms with Crippen LogP contribution in [-0.2, 0) is 18.4 Å². The van der Waals surface area contributed by atoms with Gasteiger partial charge < -0.3 is 28.8 Å². The van der Waals surface area contributed by atoms with Gasteiger partial charge in [-0.1, -0.05) is 229 Å². The topological polar surface area (TPSA) is 108 Å². The third kappa shape index (κ3) is 51.9. The maximum atomic E-state index is 12.9. The van der Waals surface area contributed by atoms with Crippen molar-refractivity contribution in [2.45, 2.75) is 264 Å². The molecule has 0 aromatic rings. The van der Waals surface area contributed by atoms with Crippen molar-refractivity contribution < 1.29 is 32.9 Å². The molecular weight excluding hydrogens is 852 g/mol. The smallest absolute Gasteiger partial charge is 0.268 e. The van der Waals surface area contributed by atoms with Crippen LogP contribution in [0, 0.1) is 0 Å². The molecule has 0 aromatic carbocycles. The maximum absolute atomic E-state index is 12.9. The molecule has 0 aromatic heterocycles. The first-order chi connectivity index (χ1) is 32.5. The summed E-state index contributed by atoms with van der Waals surface area (Å²) in [5.41, 5.74) is 0. The number of unbranched alkanes of at least 4 members (excludes halogenated alkanes) is 30. The summed E-state index contributed by atoms with van der Waals surface area (Å²) in [7, 11) is 1.23. The van der Waals surface area contributed by atoms with E-state index in [-0.39, 0.29) is 12.5 Å². The number of quaternary nitrogens is 1. The van der Waals surface area contributed by atoms with Gasteiger partial charge in [-0.25, -0.2) is 0 Å². The molecule has 0 spiro atoms. The zero-order valence-corrected chi connectivity index (χ0v) is 45.5. The quantitative estimate of drug-likeness (QED) is 0.0272. The van der Waals surface area contributed by atoms with Gasteiger partial charge in [0.15, 0.2) is 0 Å². The molecule has 67 heavy (non-hydrogen) atoms. The Labute approximate surface area is 415 Å². The highest BCUT2D eigenvalue weighted by Crippen LogP contribution is 2.38. The number of aliphatic hydroxyl groups is 1. The van der Waals surface area contributed by atoms with Crippen LogP contribution >= 0.6 is 7.82 Å². The highest BCUT2D eigenvalue weighted by molar-refractivity contribution is 7.45. The molecule has 0 aliphatic carbocycles. The predicted molar refractivity (Wildman–Crippen MR) is 288 cm³/mol. The Balaban J connectivity index is 4.26. The molecule has 392 valence electrons. The molecule has 2 N–H and O–H groups in total. The van der Waals surface area contributed by atoms with Gasteiger partial charge >= 0.3 is 0 Å². The molecule has 0 heterocycles. The van der Waals surface area contributed by atoms with Crippen LogP contribution in [0.5, 0.6) is 0 Å². The van der Waals surface area contributed by atoms with Gasteiger partial charge in [0.1, 0.15) is 13.2 Å². The van der Waals surface area contributed by atoms with E-state index in [0.717, 1.165) is 51.4 Å². The number of amides is 1. The lowest BCUT2D eigenvalue weighted by Gasteiger charge is -2.29. The third-order valence-corrected chi connectivity index (χ3v) is 13.4. The average molecular weight is 961 g/mol. The summed E-state index contributed by atoms with van der Waals surface area (Å²) in [6.07, 6.45) is 65.8. The fourth-order valence-corrected chi connectivity index (χ4v) is 8.70. The number of allylic oxidation sites excluding steroid dienone is 9. The summed E-state index contributed by atoms with van der Waals surface area (Å²) in [6, 6.07) is -0.913. The summed E-state index contributed by atoms with van der Waals surface area (Å²) in [4.78, 5) is 25.5. The Morgan fingerprint density at radius 1 is 0.522 bits per heavy atom. The Hall–Kier alpha value is -1.80. The first kappa shape index (κ1) is 65.2. The molecule has 0 rings (SSSR count). The standard InChI is InChI=1S/C58H109N2O6P/c1-6-8-10-12-14-16-18-20-22-24-26-27-28-29-30-31-32-33-34-36-38-40-42-44-46-48-50-52-58(62)59-56(55-66-67(63,64)65-54-53-60(3,4)5)57(61)51-49-47-45-43-41-39-37-35-25-23-21-19-17-15-13-11-9-7-2/h25-27,29-30,35,41,43,49,51,56-57,61H,6-24,28,31-34,36-40,42,44-48,50,52-55H2,1-5H3,(H-,59,62,63,64)/b27-26-,30-29-,35-25+,43-41+,51-49+. The number of rotatable bonds is 51. The lowest BCUT2D eigenvalue weighted by atomic mass is 10.0. The Bertz CT molecular complexity index is 1270. The summed E-state index contributed by atoms with van der Waals surface area (Å²) >= 11 is 0. The van der Waals surface area contributed by atoms with Crippen LogP contribution in [0.15, 0.2) is 60.8 Å². The van der Waals surface area contributed by atoms with Gasteiger partial charge in [0, 0.05) is 6.42 Å². The van der Waals surface area contributed by atoms with E-state index in [1.165, 1.54) is 180 Å². The maximum Gasteiger partial charge on any atom is 0.268 e. The zero-order valence-electron chi connectivity index (χ0n) is 44.6. The van der Waals surface area contributed by atoms with Gasteiger partial charge in [0.05, 0.1) is 39.9 Å². The van der Waals surface area contributed by atoms with Crippen molar-refractivity contribution in [1.82, 2.24) is 5.32 Å². The Morgan fingerprint density at radius 2 is 0.881 bits per heavy atom. The summed E-state index contributed by atoms with van der Waals surface area (Å²) in [5, 5.41) is 13.8. The summed E-state index contributed by atoms with van der Waals surface area (Å²) in [5.74, 6) is -0.213. The second-order valence-electron chi connectivity index (χ2n) is 20.3. The second-order valence-corrected chi connectivity index (χ2v) is 21.7. The monoisotopic (exact) mass is 961 g/mol. The van der Waals surface area contributed by atoms with E-state index in [0.29, 0.717) is 17.4 Å². The molecule has 0 aliphatic heterocycles. The molecule has 0 saturated carbocycles. The number of likely N-dealkylation sites (N-methyl/N-ethyl adjacent to an activating group) is 1. The first-order valence-corrected chi connectivity index (χ1v) is 29.6. The summed E-state index contributed by atoms with van der Waals surface area (Å²) in [6.45, 7) is 4.63. The molecule has 9 heteroatoms. The van der Waals surface area contributed by atoms with Crippen LogP contribution < -0.4 is 10.2 Å². The van der Waals surface area contributed by atoms with Crippen molar-refractivity contribution in [1.29, 1.82) is 0 Å². The van der Waals surface area contributed by atoms with Crippen molar-refractivity contribution in [3.8, 4) is 0 Å². The van der Waals surface area contributed by atoms with E-state index in [9.17, 15) is 19.4 Å². The molecule has 1 amide bonds. The lowest BCUT2D eigenvalue weighted by Crippen LogP contribution is -2.45. The molecule has 0 radical (unpaired) electrons. The fraction of sp³-hybridized carbons (Fsp3) is 0.810. The van der Waals surface area contributed by atoms with E-state index >= 15 is 0 Å². The average Bonchev–Trinajstić information content (AvgIpc) is 3.29. The molecule has 0 fully saturated rings. The number of carbonyl (C=O) groups is 1. The number of nitrogens with zero attached hydrogens (tertiary/aromatic N) is 1.